The van der Waals surface area contributed by atoms with Crippen molar-refractivity contribution in [1.29, 1.82) is 0 Å². The minimum Gasteiger partial charge on any atom is -0.487 e. The molecule has 0 saturated heterocycles. The van der Waals surface area contributed by atoms with Crippen LogP contribution in [0.4, 0.5) is 17.1 Å². The molecule has 2 aromatic carbocycles. The third-order valence-corrected chi connectivity index (χ3v) is 4.62. The lowest BCUT2D eigenvalue weighted by molar-refractivity contribution is 0.306. The van der Waals surface area contributed by atoms with E-state index in [9.17, 15) is 0 Å². The number of rotatable bonds is 4. The quantitative estimate of drug-likeness (QED) is 0.668. The Morgan fingerprint density at radius 1 is 1.15 bits per heavy atom. The van der Waals surface area contributed by atoms with Gasteiger partial charge in [0.25, 0.3) is 0 Å². The Balaban J connectivity index is 1.54. The Hall–Kier alpha value is -3.09. The molecule has 4 N–H and O–H groups in total. The highest BCUT2D eigenvalue weighted by Gasteiger charge is 2.23. The number of ether oxygens (including phenoxy) is 1. The molecule has 1 unspecified atom stereocenters. The highest BCUT2D eigenvalue weighted by molar-refractivity contribution is 6.32. The molecule has 0 aliphatic carbocycles. The van der Waals surface area contributed by atoms with E-state index in [1.54, 1.807) is 18.7 Å². The molecule has 1 aliphatic heterocycles. The maximum Gasteiger partial charge on any atom is 0.138 e. The molecule has 7 heteroatoms. The molecular formula is C20H18ClN5O. The summed E-state index contributed by atoms with van der Waals surface area (Å²) >= 11 is 6.42. The number of fused-ring (bicyclic) bond motifs is 1. The number of pyridine rings is 1. The van der Waals surface area contributed by atoms with E-state index in [-0.39, 0.29) is 0 Å². The second-order valence-electron chi connectivity index (χ2n) is 6.18. The summed E-state index contributed by atoms with van der Waals surface area (Å²) in [5, 5.41) is 0.496. The first-order valence-corrected chi connectivity index (χ1v) is 8.78. The van der Waals surface area contributed by atoms with Crippen molar-refractivity contribution in [1.82, 2.24) is 4.98 Å². The summed E-state index contributed by atoms with van der Waals surface area (Å²) in [4.78, 5) is 10.4. The maximum atomic E-state index is 6.42. The molecule has 0 saturated carbocycles. The maximum absolute atomic E-state index is 6.42. The predicted molar refractivity (Wildman–Crippen MR) is 108 cm³/mol. The smallest absolute Gasteiger partial charge is 0.138 e. The number of aliphatic imine (C=N–C) groups is 1. The Labute approximate surface area is 162 Å². The predicted octanol–water partition coefficient (Wildman–Crippen LogP) is 4.03. The van der Waals surface area contributed by atoms with Crippen LogP contribution in [0.5, 0.6) is 5.75 Å². The van der Waals surface area contributed by atoms with Gasteiger partial charge in [0.1, 0.15) is 18.5 Å². The van der Waals surface area contributed by atoms with E-state index in [4.69, 9.17) is 27.8 Å². The minimum atomic E-state index is -0.403. The molecule has 0 amide bonds. The van der Waals surface area contributed by atoms with Crippen LogP contribution in [-0.2, 0) is 6.61 Å². The van der Waals surface area contributed by atoms with Crippen LogP contribution in [0.15, 0.2) is 65.9 Å². The van der Waals surface area contributed by atoms with E-state index < -0.39 is 6.17 Å². The fourth-order valence-corrected chi connectivity index (χ4v) is 3.14. The van der Waals surface area contributed by atoms with E-state index in [1.165, 1.54) is 0 Å². The van der Waals surface area contributed by atoms with E-state index in [2.05, 4.69) is 9.98 Å². The molecule has 136 valence electrons. The summed E-state index contributed by atoms with van der Waals surface area (Å²) in [5.74, 6) is 0.594. The third-order valence-electron chi connectivity index (χ3n) is 4.32. The number of hydrogen-bond acceptors (Lipinski definition) is 6. The number of aromatic nitrogens is 1. The van der Waals surface area contributed by atoms with Crippen LogP contribution in [0.3, 0.4) is 0 Å². The molecule has 1 aliphatic rings. The van der Waals surface area contributed by atoms with Crippen molar-refractivity contribution in [2.45, 2.75) is 12.8 Å². The monoisotopic (exact) mass is 379 g/mol. The van der Waals surface area contributed by atoms with Crippen molar-refractivity contribution in [3.05, 3.63) is 77.1 Å². The largest absolute Gasteiger partial charge is 0.487 e. The SMILES string of the molecule is Nc1ccc2c(c1)C(N)N(c1ccc(OCc3cccnc3)c(Cl)c1)C=N2. The van der Waals surface area contributed by atoms with E-state index >= 15 is 0 Å². The van der Waals surface area contributed by atoms with Gasteiger partial charge in [-0.3, -0.25) is 4.98 Å². The normalized spacial score (nSPS) is 15.5. The summed E-state index contributed by atoms with van der Waals surface area (Å²) in [6.07, 6.45) is 4.78. The molecule has 0 fully saturated rings. The molecule has 2 heterocycles. The lowest BCUT2D eigenvalue weighted by Gasteiger charge is -2.31. The fourth-order valence-electron chi connectivity index (χ4n) is 2.91. The van der Waals surface area contributed by atoms with Gasteiger partial charge in [0.2, 0.25) is 0 Å². The minimum absolute atomic E-state index is 0.393. The highest BCUT2D eigenvalue weighted by atomic mass is 35.5. The number of nitrogen functional groups attached to an aromatic ring is 1. The van der Waals surface area contributed by atoms with Gasteiger partial charge in [-0.15, -0.1) is 0 Å². The fraction of sp³-hybridized carbons (Fsp3) is 0.100. The van der Waals surface area contributed by atoms with Crippen molar-refractivity contribution >= 4 is 35.0 Å². The number of benzene rings is 2. The first-order valence-electron chi connectivity index (χ1n) is 8.40. The average molecular weight is 380 g/mol. The molecular weight excluding hydrogens is 362 g/mol. The second kappa shape index (κ2) is 7.26. The standard InChI is InChI=1S/C20H18ClN5O/c21-17-9-15(4-6-19(17)27-11-13-2-1-7-24-10-13)26-12-25-18-5-3-14(22)8-16(18)20(26)23/h1-10,12,20H,11,22-23H2. The van der Waals surface area contributed by atoms with Crippen molar-refractivity contribution in [3.63, 3.8) is 0 Å². The van der Waals surface area contributed by atoms with Crippen molar-refractivity contribution in [2.24, 2.45) is 10.7 Å². The third kappa shape index (κ3) is 3.58. The van der Waals surface area contributed by atoms with Crippen LogP contribution in [0, 0.1) is 0 Å². The van der Waals surface area contributed by atoms with Gasteiger partial charge in [-0.2, -0.15) is 0 Å². The van der Waals surface area contributed by atoms with Crippen LogP contribution >= 0.6 is 11.6 Å². The summed E-state index contributed by atoms with van der Waals surface area (Å²) in [7, 11) is 0. The summed E-state index contributed by atoms with van der Waals surface area (Å²) in [5.41, 5.74) is 16.4. The molecule has 3 aromatic rings. The van der Waals surface area contributed by atoms with Gasteiger partial charge in [0, 0.05) is 34.9 Å². The number of hydrogen-bond donors (Lipinski definition) is 2. The number of nitrogens with two attached hydrogens (primary N) is 2. The molecule has 27 heavy (non-hydrogen) atoms. The van der Waals surface area contributed by atoms with Crippen LogP contribution in [0.2, 0.25) is 5.02 Å². The number of nitrogens with zero attached hydrogens (tertiary/aromatic N) is 3. The first kappa shape index (κ1) is 17.3. The molecule has 1 atom stereocenters. The van der Waals surface area contributed by atoms with Crippen LogP contribution in [0.25, 0.3) is 0 Å². The van der Waals surface area contributed by atoms with Crippen molar-refractivity contribution < 1.29 is 4.74 Å². The summed E-state index contributed by atoms with van der Waals surface area (Å²) < 4.78 is 5.79. The number of halogens is 1. The molecule has 4 rings (SSSR count). The summed E-state index contributed by atoms with van der Waals surface area (Å²) in [6.45, 7) is 0.393. The van der Waals surface area contributed by atoms with E-state index in [0.717, 1.165) is 22.5 Å². The Bertz CT molecular complexity index is 993. The van der Waals surface area contributed by atoms with E-state index in [1.807, 2.05) is 53.4 Å². The number of anilines is 2. The highest BCUT2D eigenvalue weighted by Crippen LogP contribution is 2.36. The Kier molecular flexibility index (Phi) is 4.66. The summed E-state index contributed by atoms with van der Waals surface area (Å²) in [6, 6.07) is 14.9. The molecule has 0 radical (unpaired) electrons. The van der Waals surface area contributed by atoms with Crippen LogP contribution in [0.1, 0.15) is 17.3 Å². The van der Waals surface area contributed by atoms with Gasteiger partial charge in [0.05, 0.1) is 17.0 Å². The van der Waals surface area contributed by atoms with Gasteiger partial charge in [-0.25, -0.2) is 4.99 Å². The molecule has 0 bridgehead atoms. The molecule has 6 nitrogen and oxygen atoms in total. The van der Waals surface area contributed by atoms with Crippen molar-refractivity contribution in [2.75, 3.05) is 10.6 Å². The lowest BCUT2D eigenvalue weighted by Crippen LogP contribution is -2.35. The second-order valence-corrected chi connectivity index (χ2v) is 6.59. The Morgan fingerprint density at radius 2 is 2.04 bits per heavy atom. The molecule has 0 spiro atoms. The van der Waals surface area contributed by atoms with Gasteiger partial charge >= 0.3 is 0 Å². The van der Waals surface area contributed by atoms with Gasteiger partial charge in [0.15, 0.2) is 0 Å². The average Bonchev–Trinajstić information content (AvgIpc) is 2.68. The first-order chi connectivity index (χ1) is 13.1. The zero-order chi connectivity index (χ0) is 18.8. The zero-order valence-electron chi connectivity index (χ0n) is 14.4. The van der Waals surface area contributed by atoms with Crippen LogP contribution in [-0.4, -0.2) is 11.3 Å². The van der Waals surface area contributed by atoms with Crippen LogP contribution < -0.4 is 21.1 Å². The van der Waals surface area contributed by atoms with Gasteiger partial charge in [-0.1, -0.05) is 17.7 Å². The van der Waals surface area contributed by atoms with Crippen molar-refractivity contribution in [3.8, 4) is 5.75 Å². The lowest BCUT2D eigenvalue weighted by atomic mass is 10.1. The van der Waals surface area contributed by atoms with Gasteiger partial charge < -0.3 is 21.1 Å². The molecule has 1 aromatic heterocycles. The van der Waals surface area contributed by atoms with Gasteiger partial charge in [-0.05, 0) is 42.5 Å². The van der Waals surface area contributed by atoms with E-state index in [0.29, 0.717) is 23.1 Å². The topological polar surface area (TPSA) is 89.8 Å². The Morgan fingerprint density at radius 3 is 2.81 bits per heavy atom. The zero-order valence-corrected chi connectivity index (χ0v) is 15.2.